The SMILES string of the molecule is CN/C=C(\S)COC(=O)NC(CCC([S-])Cc1ccccc1)Cc1ccccc1.CNCCC([C-]=O)NC(=O)N(C)Cc1csc(C(C)C)n1.[Nd]. The van der Waals surface area contributed by atoms with Crippen molar-refractivity contribution in [3.63, 3.8) is 0 Å². The van der Waals surface area contributed by atoms with Gasteiger partial charge < -0.3 is 48.3 Å². The van der Waals surface area contributed by atoms with Crippen LogP contribution in [0.25, 0.3) is 0 Å². The third-order valence-corrected chi connectivity index (χ3v) is 9.24. The fourth-order valence-electron chi connectivity index (χ4n) is 4.73. The summed E-state index contributed by atoms with van der Waals surface area (Å²) in [6.45, 7) is 5.38. The van der Waals surface area contributed by atoms with E-state index in [0.29, 0.717) is 30.3 Å². The number of aromatic nitrogens is 1. The van der Waals surface area contributed by atoms with E-state index in [0.717, 1.165) is 36.4 Å². The molecule has 0 saturated heterocycles. The third-order valence-electron chi connectivity index (χ3n) is 7.38. The van der Waals surface area contributed by atoms with Gasteiger partial charge in [-0.3, -0.25) is 0 Å². The summed E-state index contributed by atoms with van der Waals surface area (Å²) < 4.78 is 5.27. The quantitative estimate of drug-likeness (QED) is 0.0587. The Kier molecular flexibility index (Phi) is 25.2. The van der Waals surface area contributed by atoms with Gasteiger partial charge in [0.25, 0.3) is 0 Å². The first kappa shape index (κ1) is 46.9. The number of amides is 3. The van der Waals surface area contributed by atoms with Crippen molar-refractivity contribution in [1.29, 1.82) is 0 Å². The Morgan fingerprint density at radius 3 is 2.18 bits per heavy atom. The molecule has 3 amide bonds. The van der Waals surface area contributed by atoms with Crippen molar-refractivity contribution in [2.45, 2.75) is 75.7 Å². The molecule has 3 aromatic rings. The molecular formula is C37H52N6NdO4S3-2. The first-order valence-electron chi connectivity index (χ1n) is 16.7. The van der Waals surface area contributed by atoms with Crippen LogP contribution in [0.5, 0.6) is 0 Å². The number of nitrogens with one attached hydrogen (secondary N) is 4. The van der Waals surface area contributed by atoms with Crippen molar-refractivity contribution in [1.82, 2.24) is 31.2 Å². The van der Waals surface area contributed by atoms with E-state index in [2.05, 4.69) is 77.0 Å². The molecule has 278 valence electrons. The molecule has 3 unspecified atom stereocenters. The normalized spacial score (nSPS) is 12.7. The van der Waals surface area contributed by atoms with Gasteiger partial charge in [-0.05, 0) is 50.4 Å². The molecule has 1 aromatic heterocycles. The number of alkyl carbamates (subject to hydrolysis) is 1. The number of thiazole rings is 1. The van der Waals surface area contributed by atoms with Crippen LogP contribution in [0, 0.1) is 40.8 Å². The molecule has 1 heterocycles. The molecule has 3 atom stereocenters. The first-order valence-corrected chi connectivity index (χ1v) is 18.5. The monoisotopic (exact) mass is 882 g/mol. The largest absolute Gasteiger partial charge is 0.789 e. The molecule has 2 aromatic carbocycles. The summed E-state index contributed by atoms with van der Waals surface area (Å²) in [6.07, 6.45) is 6.85. The van der Waals surface area contributed by atoms with Crippen LogP contribution in [0.15, 0.2) is 77.1 Å². The summed E-state index contributed by atoms with van der Waals surface area (Å²) in [5.41, 5.74) is 3.28. The van der Waals surface area contributed by atoms with Gasteiger partial charge in [0.1, 0.15) is 6.61 Å². The summed E-state index contributed by atoms with van der Waals surface area (Å²) in [4.78, 5) is 41.7. The van der Waals surface area contributed by atoms with Crippen molar-refractivity contribution < 1.29 is 60.0 Å². The molecule has 14 heteroatoms. The third kappa shape index (κ3) is 20.6. The maximum Gasteiger partial charge on any atom is 0.407 e. The molecule has 3 rings (SSSR count). The zero-order valence-electron chi connectivity index (χ0n) is 30.2. The Balaban J connectivity index is 0.000000526. The minimum Gasteiger partial charge on any atom is -0.789 e. The first-order chi connectivity index (χ1) is 24.0. The molecule has 4 N–H and O–H groups in total. The van der Waals surface area contributed by atoms with Gasteiger partial charge in [-0.2, -0.15) is 5.25 Å². The van der Waals surface area contributed by atoms with E-state index in [-0.39, 0.29) is 64.8 Å². The topological polar surface area (TPSA) is 125 Å². The molecule has 10 nitrogen and oxygen atoms in total. The van der Waals surface area contributed by atoms with Crippen LogP contribution >= 0.6 is 24.0 Å². The van der Waals surface area contributed by atoms with E-state index in [1.807, 2.05) is 48.1 Å². The van der Waals surface area contributed by atoms with Gasteiger partial charge in [-0.15, -0.1) is 24.0 Å². The Morgan fingerprint density at radius 2 is 1.63 bits per heavy atom. The number of carbonyl (C=O) groups is 2. The molecule has 0 spiro atoms. The van der Waals surface area contributed by atoms with E-state index in [9.17, 15) is 14.4 Å². The number of hydrogen-bond donors (Lipinski definition) is 5. The van der Waals surface area contributed by atoms with Crippen LogP contribution in [0.1, 0.15) is 60.9 Å². The predicted octanol–water partition coefficient (Wildman–Crippen LogP) is 5.75. The van der Waals surface area contributed by atoms with Crippen LogP contribution in [0.4, 0.5) is 9.59 Å². The van der Waals surface area contributed by atoms with Gasteiger partial charge in [0.15, 0.2) is 0 Å². The minimum atomic E-state index is -0.589. The summed E-state index contributed by atoms with van der Waals surface area (Å²) in [7, 11) is 5.25. The molecule has 0 radical (unpaired) electrons. The van der Waals surface area contributed by atoms with Gasteiger partial charge in [-0.1, -0.05) is 87.0 Å². The van der Waals surface area contributed by atoms with Crippen molar-refractivity contribution in [3.8, 4) is 0 Å². The van der Waals surface area contributed by atoms with Crippen molar-refractivity contribution in [3.05, 3.63) is 99.0 Å². The second-order valence-electron chi connectivity index (χ2n) is 12.1. The van der Waals surface area contributed by atoms with E-state index >= 15 is 0 Å². The minimum absolute atomic E-state index is 0. The number of urea groups is 1. The summed E-state index contributed by atoms with van der Waals surface area (Å²) in [6, 6.07) is 19.5. The van der Waals surface area contributed by atoms with Gasteiger partial charge in [0, 0.05) is 83.4 Å². The van der Waals surface area contributed by atoms with Crippen LogP contribution in [-0.2, 0) is 41.5 Å². The van der Waals surface area contributed by atoms with Crippen LogP contribution < -0.4 is 21.3 Å². The summed E-state index contributed by atoms with van der Waals surface area (Å²) in [5, 5.41) is 14.6. The Hall–Kier alpha value is -2.17. The van der Waals surface area contributed by atoms with E-state index < -0.39 is 12.1 Å². The maximum atomic E-state index is 12.2. The smallest absolute Gasteiger partial charge is 0.407 e. The zero-order valence-corrected chi connectivity index (χ0v) is 35.9. The van der Waals surface area contributed by atoms with Gasteiger partial charge >= 0.3 is 12.1 Å². The number of thiol groups is 1. The second-order valence-corrected chi connectivity index (χ2v) is 14.3. The zero-order chi connectivity index (χ0) is 36.7. The van der Waals surface area contributed by atoms with Crippen LogP contribution in [-0.4, -0.2) is 79.9 Å². The van der Waals surface area contributed by atoms with Crippen molar-refractivity contribution in [2.24, 2.45) is 0 Å². The average molecular weight is 885 g/mol. The molecular weight excluding hydrogens is 833 g/mol. The van der Waals surface area contributed by atoms with Gasteiger partial charge in [0.2, 0.25) is 0 Å². The van der Waals surface area contributed by atoms with E-state index in [4.69, 9.17) is 17.4 Å². The number of carbonyl (C=O) groups excluding carboxylic acids is 3. The van der Waals surface area contributed by atoms with Crippen LogP contribution in [0.2, 0.25) is 0 Å². The molecule has 0 aliphatic rings. The standard InChI is InChI=1S/C23H30N2O2S2.C14H23N4O2S.Nd/c1-24-16-22(29)17-27-23(26)25-20(14-18-8-4-2-5-9-18)12-13-21(28)15-19-10-6-3-7-11-19;1-10(2)13-16-12(9-21-13)7-18(4)14(20)17-11(8-19)5-6-15-3;/h2-11,16,20-21,24,28-29H,12-15,17H2,1H3,(H,25,26);9-11,15H,5-7H2,1-4H3,(H,17,20);/q;-1;/p-1/b22-16-;;. The Morgan fingerprint density at radius 1 is 1.00 bits per heavy atom. The Bertz CT molecular complexity index is 1430. The van der Waals surface area contributed by atoms with Crippen molar-refractivity contribution in [2.75, 3.05) is 34.3 Å². The van der Waals surface area contributed by atoms with Crippen LogP contribution in [0.3, 0.4) is 0 Å². The molecule has 0 aliphatic heterocycles. The summed E-state index contributed by atoms with van der Waals surface area (Å²) >= 11 is 11.5. The van der Waals surface area contributed by atoms with E-state index in [1.165, 1.54) is 16.0 Å². The fraction of sp³-hybridized carbons (Fsp3) is 0.459. The second kappa shape index (κ2) is 27.4. The average Bonchev–Trinajstić information content (AvgIpc) is 3.58. The number of nitrogens with zero attached hydrogens (tertiary/aromatic N) is 2. The number of hydrogen-bond acceptors (Lipinski definition) is 10. The fourth-order valence-corrected chi connectivity index (χ4v) is 6.08. The maximum absolute atomic E-state index is 12.2. The number of rotatable bonds is 19. The predicted molar refractivity (Wildman–Crippen MR) is 209 cm³/mol. The number of benzene rings is 2. The summed E-state index contributed by atoms with van der Waals surface area (Å²) in [5.74, 6) is 0.387. The van der Waals surface area contributed by atoms with Crippen molar-refractivity contribution >= 4 is 55.0 Å². The van der Waals surface area contributed by atoms with Gasteiger partial charge in [-0.25, -0.2) is 20.9 Å². The van der Waals surface area contributed by atoms with Gasteiger partial charge in [0.05, 0.1) is 17.2 Å². The molecule has 0 saturated carbocycles. The number of ether oxygens (including phenoxy) is 1. The molecule has 51 heavy (non-hydrogen) atoms. The molecule has 0 bridgehead atoms. The van der Waals surface area contributed by atoms with E-state index in [1.54, 1.807) is 38.7 Å². The Labute approximate surface area is 352 Å². The molecule has 0 aliphatic carbocycles. The molecule has 0 fully saturated rings.